The number of tetrazole rings is 1. The van der Waals surface area contributed by atoms with Gasteiger partial charge in [0.25, 0.3) is 0 Å². The van der Waals surface area contributed by atoms with Crippen LogP contribution in [-0.4, -0.2) is 31.3 Å². The lowest BCUT2D eigenvalue weighted by Crippen LogP contribution is -2.34. The molecule has 0 spiro atoms. The van der Waals surface area contributed by atoms with E-state index in [-0.39, 0.29) is 18.0 Å². The lowest BCUT2D eigenvalue weighted by atomic mass is 9.97. The molecular formula is C23H29N5O2. The number of aromatic nitrogens is 4. The fraction of sp³-hybridized carbons (Fsp3) is 0.391. The molecule has 0 aliphatic heterocycles. The molecule has 3 aromatic rings. The topological polar surface area (TPSA) is 92.9 Å². The van der Waals surface area contributed by atoms with Crippen molar-refractivity contribution in [1.29, 1.82) is 0 Å². The Labute approximate surface area is 177 Å². The van der Waals surface area contributed by atoms with E-state index >= 15 is 0 Å². The molecule has 0 amide bonds. The van der Waals surface area contributed by atoms with Gasteiger partial charge in [-0.1, -0.05) is 59.7 Å². The molecule has 3 rings (SSSR count). The molecular weight excluding hydrogens is 378 g/mol. The fourth-order valence-electron chi connectivity index (χ4n) is 3.47. The average molecular weight is 408 g/mol. The van der Waals surface area contributed by atoms with Crippen LogP contribution in [0, 0.1) is 13.8 Å². The van der Waals surface area contributed by atoms with Crippen LogP contribution in [0.25, 0.3) is 0 Å². The Kier molecular flexibility index (Phi) is 6.31. The largest absolute Gasteiger partial charge is 0.481 e. The van der Waals surface area contributed by atoms with Crippen LogP contribution in [0.15, 0.2) is 48.5 Å². The molecule has 7 heteroatoms. The van der Waals surface area contributed by atoms with Crippen molar-refractivity contribution in [2.75, 3.05) is 0 Å². The first-order valence-corrected chi connectivity index (χ1v) is 10.0. The number of benzene rings is 2. The van der Waals surface area contributed by atoms with Gasteiger partial charge in [0.2, 0.25) is 0 Å². The Morgan fingerprint density at radius 1 is 1.07 bits per heavy atom. The highest BCUT2D eigenvalue weighted by Crippen LogP contribution is 2.29. The molecule has 2 aromatic carbocycles. The molecule has 0 fully saturated rings. The van der Waals surface area contributed by atoms with Crippen LogP contribution in [0.1, 0.15) is 67.4 Å². The molecule has 2 atom stereocenters. The van der Waals surface area contributed by atoms with Crippen LogP contribution >= 0.6 is 0 Å². The van der Waals surface area contributed by atoms with Crippen molar-refractivity contribution in [1.82, 2.24) is 25.5 Å². The van der Waals surface area contributed by atoms with Crippen LogP contribution in [0.2, 0.25) is 0 Å². The van der Waals surface area contributed by atoms with Gasteiger partial charge in [-0.2, -0.15) is 0 Å². The van der Waals surface area contributed by atoms with Gasteiger partial charge in [-0.3, -0.25) is 10.1 Å². The van der Waals surface area contributed by atoms with Crippen molar-refractivity contribution in [3.8, 4) is 0 Å². The zero-order valence-corrected chi connectivity index (χ0v) is 18.1. The second-order valence-corrected chi connectivity index (χ2v) is 8.69. The molecule has 0 radical (unpaired) electrons. The average Bonchev–Trinajstić information content (AvgIpc) is 3.16. The van der Waals surface area contributed by atoms with E-state index in [1.54, 1.807) is 4.68 Å². The maximum Gasteiger partial charge on any atom is 0.305 e. The third kappa shape index (κ3) is 5.10. The van der Waals surface area contributed by atoms with E-state index < -0.39 is 12.0 Å². The predicted molar refractivity (Wildman–Crippen MR) is 115 cm³/mol. The molecule has 2 unspecified atom stereocenters. The highest BCUT2D eigenvalue weighted by atomic mass is 16.4. The number of rotatable bonds is 7. The van der Waals surface area contributed by atoms with Crippen molar-refractivity contribution in [2.45, 2.75) is 58.7 Å². The molecule has 30 heavy (non-hydrogen) atoms. The van der Waals surface area contributed by atoms with Crippen molar-refractivity contribution < 1.29 is 9.90 Å². The summed E-state index contributed by atoms with van der Waals surface area (Å²) in [5.41, 5.74) is 3.80. The molecule has 1 heterocycles. The summed E-state index contributed by atoms with van der Waals surface area (Å²) in [6, 6.07) is 15.3. The summed E-state index contributed by atoms with van der Waals surface area (Å²) in [5.74, 6) is -0.221. The number of carboxylic acids is 1. The maximum absolute atomic E-state index is 11.7. The summed E-state index contributed by atoms with van der Waals surface area (Å²) < 4.78 is 1.79. The van der Waals surface area contributed by atoms with E-state index in [1.165, 1.54) is 0 Å². The van der Waals surface area contributed by atoms with Crippen LogP contribution < -0.4 is 5.32 Å². The lowest BCUT2D eigenvalue weighted by molar-refractivity contribution is -0.137. The van der Waals surface area contributed by atoms with Gasteiger partial charge in [0.05, 0.1) is 18.0 Å². The predicted octanol–water partition coefficient (Wildman–Crippen LogP) is 3.94. The Balaban J connectivity index is 2.08. The van der Waals surface area contributed by atoms with Gasteiger partial charge in [-0.05, 0) is 56.2 Å². The molecule has 0 bridgehead atoms. The normalized spacial score (nSPS) is 13.8. The molecule has 158 valence electrons. The first-order valence-electron chi connectivity index (χ1n) is 10.0. The van der Waals surface area contributed by atoms with Crippen molar-refractivity contribution in [2.24, 2.45) is 0 Å². The summed E-state index contributed by atoms with van der Waals surface area (Å²) in [5, 5.41) is 25.5. The quantitative estimate of drug-likeness (QED) is 0.616. The minimum Gasteiger partial charge on any atom is -0.481 e. The molecule has 1 aromatic heterocycles. The van der Waals surface area contributed by atoms with Crippen LogP contribution in [-0.2, 0) is 10.3 Å². The number of nitrogens with zero attached hydrogens (tertiary/aromatic N) is 4. The number of hydrogen-bond donors (Lipinski definition) is 2. The summed E-state index contributed by atoms with van der Waals surface area (Å²) in [4.78, 5) is 11.7. The van der Waals surface area contributed by atoms with Gasteiger partial charge >= 0.3 is 5.97 Å². The third-order valence-electron chi connectivity index (χ3n) is 4.99. The second kappa shape index (κ2) is 8.75. The van der Waals surface area contributed by atoms with E-state index in [0.717, 1.165) is 22.3 Å². The zero-order chi connectivity index (χ0) is 21.9. The van der Waals surface area contributed by atoms with Crippen molar-refractivity contribution >= 4 is 5.97 Å². The SMILES string of the molecule is Cc1ccc(C(NC(CC(=O)O)c2cccc(C)c2)c2nnnn2C(C)(C)C)cc1. The van der Waals surface area contributed by atoms with E-state index in [4.69, 9.17) is 0 Å². The van der Waals surface area contributed by atoms with Crippen LogP contribution in [0.5, 0.6) is 0 Å². The van der Waals surface area contributed by atoms with Gasteiger partial charge in [0.15, 0.2) is 5.82 Å². The molecule has 0 saturated heterocycles. The van der Waals surface area contributed by atoms with Crippen molar-refractivity contribution in [3.05, 3.63) is 76.6 Å². The Morgan fingerprint density at radius 2 is 1.77 bits per heavy atom. The van der Waals surface area contributed by atoms with Gasteiger partial charge in [-0.25, -0.2) is 4.68 Å². The number of carboxylic acid groups (broad SMARTS) is 1. The first kappa shape index (κ1) is 21.6. The number of hydrogen-bond acceptors (Lipinski definition) is 5. The Hall–Kier alpha value is -3.06. The molecule has 0 saturated carbocycles. The molecule has 2 N–H and O–H groups in total. The molecule has 0 aliphatic carbocycles. The van der Waals surface area contributed by atoms with E-state index in [2.05, 4.69) is 20.8 Å². The van der Waals surface area contributed by atoms with Crippen LogP contribution in [0.3, 0.4) is 0 Å². The summed E-state index contributed by atoms with van der Waals surface area (Å²) in [6.07, 6.45) is -0.0527. The Bertz CT molecular complexity index is 1000. The van der Waals surface area contributed by atoms with E-state index in [0.29, 0.717) is 5.82 Å². The minimum atomic E-state index is -0.868. The molecule has 7 nitrogen and oxygen atoms in total. The summed E-state index contributed by atoms with van der Waals surface area (Å²) in [6.45, 7) is 10.1. The number of aryl methyl sites for hydroxylation is 2. The first-order chi connectivity index (χ1) is 14.1. The van der Waals surface area contributed by atoms with Gasteiger partial charge < -0.3 is 5.11 Å². The summed E-state index contributed by atoms with van der Waals surface area (Å²) >= 11 is 0. The number of nitrogens with one attached hydrogen (secondary N) is 1. The highest BCUT2D eigenvalue weighted by molar-refractivity contribution is 5.68. The lowest BCUT2D eigenvalue weighted by Gasteiger charge is -2.28. The standard InChI is InChI=1S/C23H29N5O2/c1-15-9-11-17(12-10-15)21(22-25-26-27-28(22)23(3,4)5)24-19(14-20(29)30)18-8-6-7-16(2)13-18/h6-13,19,21,24H,14H2,1-5H3,(H,29,30). The third-order valence-corrected chi connectivity index (χ3v) is 4.99. The number of aliphatic carboxylic acids is 1. The van der Waals surface area contributed by atoms with E-state index in [9.17, 15) is 9.90 Å². The van der Waals surface area contributed by atoms with Crippen LogP contribution in [0.4, 0.5) is 0 Å². The maximum atomic E-state index is 11.7. The molecule has 0 aliphatic rings. The number of carbonyl (C=O) groups is 1. The summed E-state index contributed by atoms with van der Waals surface area (Å²) in [7, 11) is 0. The second-order valence-electron chi connectivity index (χ2n) is 8.69. The minimum absolute atomic E-state index is 0.0527. The van der Waals surface area contributed by atoms with Gasteiger partial charge in [0.1, 0.15) is 0 Å². The van der Waals surface area contributed by atoms with E-state index in [1.807, 2.05) is 83.1 Å². The van der Waals surface area contributed by atoms with Crippen molar-refractivity contribution in [3.63, 3.8) is 0 Å². The fourth-order valence-corrected chi connectivity index (χ4v) is 3.47. The van der Waals surface area contributed by atoms with Gasteiger partial charge in [-0.15, -0.1) is 5.10 Å². The highest BCUT2D eigenvalue weighted by Gasteiger charge is 2.30. The van der Waals surface area contributed by atoms with Gasteiger partial charge in [0, 0.05) is 6.04 Å². The zero-order valence-electron chi connectivity index (χ0n) is 18.1. The Morgan fingerprint density at radius 3 is 2.37 bits per heavy atom. The monoisotopic (exact) mass is 407 g/mol. The smallest absolute Gasteiger partial charge is 0.305 e.